The summed E-state index contributed by atoms with van der Waals surface area (Å²) in [5.74, 6) is -0.282. The third-order valence-electron chi connectivity index (χ3n) is 3.73. The van der Waals surface area contributed by atoms with Crippen molar-refractivity contribution in [3.8, 4) is 5.75 Å². The van der Waals surface area contributed by atoms with Gasteiger partial charge in [0.2, 0.25) is 0 Å². The lowest BCUT2D eigenvalue weighted by Gasteiger charge is -2.22. The largest absolute Gasteiger partial charge is 0.497 e. The molecule has 2 rings (SSSR count). The number of ether oxygens (including phenoxy) is 2. The van der Waals surface area contributed by atoms with Crippen molar-refractivity contribution in [2.75, 3.05) is 13.7 Å². The molecular formula is C19H22O4. The van der Waals surface area contributed by atoms with Crippen molar-refractivity contribution in [2.24, 2.45) is 5.92 Å². The molecule has 23 heavy (non-hydrogen) atoms. The number of hydrogen-bond acceptors (Lipinski definition) is 4. The van der Waals surface area contributed by atoms with Crippen molar-refractivity contribution >= 4 is 5.97 Å². The van der Waals surface area contributed by atoms with Crippen LogP contribution in [-0.2, 0) is 16.0 Å². The zero-order valence-corrected chi connectivity index (χ0v) is 13.4. The van der Waals surface area contributed by atoms with Gasteiger partial charge in [0.1, 0.15) is 5.75 Å². The van der Waals surface area contributed by atoms with E-state index in [1.165, 1.54) is 0 Å². The van der Waals surface area contributed by atoms with Gasteiger partial charge in [0, 0.05) is 0 Å². The lowest BCUT2D eigenvalue weighted by atomic mass is 9.90. The van der Waals surface area contributed by atoms with E-state index in [9.17, 15) is 9.90 Å². The Morgan fingerprint density at radius 3 is 2.30 bits per heavy atom. The van der Waals surface area contributed by atoms with Gasteiger partial charge in [0.25, 0.3) is 0 Å². The van der Waals surface area contributed by atoms with Crippen LogP contribution in [0.4, 0.5) is 0 Å². The number of methoxy groups -OCH3 is 1. The molecule has 2 aromatic rings. The average molecular weight is 314 g/mol. The van der Waals surface area contributed by atoms with Gasteiger partial charge in [-0.2, -0.15) is 0 Å². The molecule has 0 bridgehead atoms. The Hall–Kier alpha value is -2.33. The highest BCUT2D eigenvalue weighted by Gasteiger charge is 2.29. The Morgan fingerprint density at radius 2 is 1.74 bits per heavy atom. The highest BCUT2D eigenvalue weighted by atomic mass is 16.5. The fraction of sp³-hybridized carbons (Fsp3) is 0.316. The number of carbonyl (C=O) groups excluding carboxylic acids is 1. The SMILES string of the molecule is CCOC(=O)[C@@H](Cc1ccc(OC)cc1)[C@@H](O)c1ccccc1. The van der Waals surface area contributed by atoms with Crippen molar-refractivity contribution in [3.05, 3.63) is 65.7 Å². The second-order valence-electron chi connectivity index (χ2n) is 5.27. The Bertz CT molecular complexity index is 607. The maximum Gasteiger partial charge on any atom is 0.312 e. The van der Waals surface area contributed by atoms with E-state index in [1.807, 2.05) is 54.6 Å². The number of rotatable bonds is 7. The smallest absolute Gasteiger partial charge is 0.312 e. The Morgan fingerprint density at radius 1 is 1.09 bits per heavy atom. The summed E-state index contributed by atoms with van der Waals surface area (Å²) >= 11 is 0. The molecule has 2 aromatic carbocycles. The molecule has 0 amide bonds. The van der Waals surface area contributed by atoms with E-state index in [4.69, 9.17) is 9.47 Å². The van der Waals surface area contributed by atoms with Gasteiger partial charge in [-0.05, 0) is 36.6 Å². The molecule has 4 nitrogen and oxygen atoms in total. The molecule has 0 spiro atoms. The molecule has 122 valence electrons. The molecule has 1 N–H and O–H groups in total. The van der Waals surface area contributed by atoms with E-state index in [0.717, 1.165) is 11.3 Å². The zero-order chi connectivity index (χ0) is 16.7. The second kappa shape index (κ2) is 8.34. The molecule has 0 aromatic heterocycles. The average Bonchev–Trinajstić information content (AvgIpc) is 2.60. The quantitative estimate of drug-likeness (QED) is 0.798. The van der Waals surface area contributed by atoms with Crippen LogP contribution in [0.2, 0.25) is 0 Å². The van der Waals surface area contributed by atoms with E-state index in [1.54, 1.807) is 14.0 Å². The van der Waals surface area contributed by atoms with Crippen LogP contribution in [0.5, 0.6) is 5.75 Å². The van der Waals surface area contributed by atoms with Crippen LogP contribution < -0.4 is 4.74 Å². The van der Waals surface area contributed by atoms with Crippen LogP contribution in [0.15, 0.2) is 54.6 Å². The molecule has 2 atom stereocenters. The minimum atomic E-state index is -0.905. The predicted octanol–water partition coefficient (Wildman–Crippen LogP) is 3.15. The highest BCUT2D eigenvalue weighted by Crippen LogP contribution is 2.27. The molecule has 0 unspecified atom stereocenters. The van der Waals surface area contributed by atoms with Gasteiger partial charge in [0.15, 0.2) is 0 Å². The predicted molar refractivity (Wildman–Crippen MR) is 88.2 cm³/mol. The van der Waals surface area contributed by atoms with Crippen molar-refractivity contribution in [2.45, 2.75) is 19.4 Å². The maximum absolute atomic E-state index is 12.3. The zero-order valence-electron chi connectivity index (χ0n) is 13.4. The summed E-state index contributed by atoms with van der Waals surface area (Å²) < 4.78 is 10.3. The summed E-state index contributed by atoms with van der Waals surface area (Å²) in [4.78, 5) is 12.3. The van der Waals surface area contributed by atoms with E-state index < -0.39 is 12.0 Å². The number of esters is 1. The first kappa shape index (κ1) is 17.0. The van der Waals surface area contributed by atoms with Crippen LogP contribution in [0.1, 0.15) is 24.2 Å². The van der Waals surface area contributed by atoms with Gasteiger partial charge >= 0.3 is 5.97 Å². The number of carbonyl (C=O) groups is 1. The van der Waals surface area contributed by atoms with Gasteiger partial charge in [-0.1, -0.05) is 42.5 Å². The number of aliphatic hydroxyl groups is 1. The van der Waals surface area contributed by atoms with Crippen LogP contribution in [0, 0.1) is 5.92 Å². The summed E-state index contributed by atoms with van der Waals surface area (Å²) in [6.07, 6.45) is -0.504. The summed E-state index contributed by atoms with van der Waals surface area (Å²) in [5, 5.41) is 10.6. The van der Waals surface area contributed by atoms with Crippen molar-refractivity contribution in [3.63, 3.8) is 0 Å². The Balaban J connectivity index is 2.21. The molecule has 0 aliphatic heterocycles. The summed E-state index contributed by atoms with van der Waals surface area (Å²) in [7, 11) is 1.61. The van der Waals surface area contributed by atoms with Gasteiger partial charge in [-0.25, -0.2) is 0 Å². The van der Waals surface area contributed by atoms with E-state index in [2.05, 4.69) is 0 Å². The summed E-state index contributed by atoms with van der Waals surface area (Å²) in [5.41, 5.74) is 1.65. The molecule has 0 saturated carbocycles. The van der Waals surface area contributed by atoms with E-state index in [0.29, 0.717) is 18.6 Å². The Kier molecular flexibility index (Phi) is 6.18. The third-order valence-corrected chi connectivity index (χ3v) is 3.73. The molecule has 0 saturated heterocycles. The minimum Gasteiger partial charge on any atom is -0.497 e. The summed E-state index contributed by atoms with van der Waals surface area (Å²) in [6, 6.07) is 16.6. The highest BCUT2D eigenvalue weighted by molar-refractivity contribution is 5.73. The molecule has 0 fully saturated rings. The monoisotopic (exact) mass is 314 g/mol. The van der Waals surface area contributed by atoms with E-state index in [-0.39, 0.29) is 5.97 Å². The minimum absolute atomic E-state index is 0.291. The summed E-state index contributed by atoms with van der Waals surface area (Å²) in [6.45, 7) is 2.05. The van der Waals surface area contributed by atoms with Crippen molar-refractivity contribution < 1.29 is 19.4 Å². The number of hydrogen-bond donors (Lipinski definition) is 1. The molecule has 0 heterocycles. The van der Waals surface area contributed by atoms with E-state index >= 15 is 0 Å². The lowest BCUT2D eigenvalue weighted by molar-refractivity contribution is -0.152. The maximum atomic E-state index is 12.3. The second-order valence-corrected chi connectivity index (χ2v) is 5.27. The van der Waals surface area contributed by atoms with Gasteiger partial charge < -0.3 is 14.6 Å². The van der Waals surface area contributed by atoms with Gasteiger partial charge in [-0.3, -0.25) is 4.79 Å². The van der Waals surface area contributed by atoms with Crippen molar-refractivity contribution in [1.29, 1.82) is 0 Å². The fourth-order valence-corrected chi connectivity index (χ4v) is 2.47. The molecule has 0 aliphatic carbocycles. The standard InChI is InChI=1S/C19H22O4/c1-3-23-19(21)17(18(20)15-7-5-4-6-8-15)13-14-9-11-16(22-2)12-10-14/h4-12,17-18,20H,3,13H2,1-2H3/t17-,18-/m0/s1. The molecule has 0 aliphatic rings. The Labute approximate surface area is 136 Å². The molecular weight excluding hydrogens is 292 g/mol. The molecule has 0 radical (unpaired) electrons. The first-order chi connectivity index (χ1) is 11.2. The van der Waals surface area contributed by atoms with Crippen LogP contribution in [-0.4, -0.2) is 24.8 Å². The molecule has 4 heteroatoms. The first-order valence-corrected chi connectivity index (χ1v) is 7.68. The van der Waals surface area contributed by atoms with Gasteiger partial charge in [-0.15, -0.1) is 0 Å². The first-order valence-electron chi connectivity index (χ1n) is 7.68. The van der Waals surface area contributed by atoms with Crippen LogP contribution in [0.3, 0.4) is 0 Å². The number of benzene rings is 2. The third kappa shape index (κ3) is 4.57. The van der Waals surface area contributed by atoms with Crippen molar-refractivity contribution in [1.82, 2.24) is 0 Å². The van der Waals surface area contributed by atoms with Crippen LogP contribution in [0.25, 0.3) is 0 Å². The lowest BCUT2D eigenvalue weighted by Crippen LogP contribution is -2.26. The van der Waals surface area contributed by atoms with Crippen LogP contribution >= 0.6 is 0 Å². The topological polar surface area (TPSA) is 55.8 Å². The fourth-order valence-electron chi connectivity index (χ4n) is 2.47. The number of aliphatic hydroxyl groups excluding tert-OH is 1. The normalized spacial score (nSPS) is 13.2. The van der Waals surface area contributed by atoms with Gasteiger partial charge in [0.05, 0.1) is 25.7 Å².